The minimum atomic E-state index is -1.26. The molecule has 1 aromatic rings. The summed E-state index contributed by atoms with van der Waals surface area (Å²) in [6.07, 6.45) is 0. The molecule has 0 bridgehead atoms. The van der Waals surface area contributed by atoms with E-state index < -0.39 is 22.8 Å². The highest BCUT2D eigenvalue weighted by molar-refractivity contribution is 6.06. The van der Waals surface area contributed by atoms with Crippen molar-refractivity contribution in [1.29, 1.82) is 0 Å². The molecule has 0 radical (unpaired) electrons. The van der Waals surface area contributed by atoms with Crippen molar-refractivity contribution < 1.29 is 19.1 Å². The van der Waals surface area contributed by atoms with E-state index in [-0.39, 0.29) is 17.9 Å². The molecule has 3 rings (SSSR count). The Kier molecular flexibility index (Phi) is 2.97. The van der Waals surface area contributed by atoms with Gasteiger partial charge in [0.15, 0.2) is 5.41 Å². The average Bonchev–Trinajstić information content (AvgIpc) is 2.45. The number of rotatable bonds is 2. The van der Waals surface area contributed by atoms with E-state index in [1.54, 1.807) is 13.0 Å². The van der Waals surface area contributed by atoms with Gasteiger partial charge in [-0.2, -0.15) is 0 Å². The normalized spacial score (nSPS) is 30.4. The lowest BCUT2D eigenvalue weighted by molar-refractivity contribution is -0.237. The van der Waals surface area contributed by atoms with Gasteiger partial charge in [-0.05, 0) is 23.8 Å². The van der Waals surface area contributed by atoms with Gasteiger partial charge < -0.3 is 9.47 Å². The second-order valence-corrected chi connectivity index (χ2v) is 7.24. The number of hydrogen-bond acceptors (Lipinski definition) is 4. The molecule has 0 aromatic heterocycles. The Morgan fingerprint density at radius 3 is 2.50 bits per heavy atom. The van der Waals surface area contributed by atoms with Crippen LogP contribution in [0.15, 0.2) is 24.3 Å². The second-order valence-electron chi connectivity index (χ2n) is 7.24. The molecular formula is C18H22O4. The smallest absolute Gasteiger partial charge is 0.330 e. The second kappa shape index (κ2) is 4.34. The molecule has 0 saturated heterocycles. The van der Waals surface area contributed by atoms with E-state index in [4.69, 9.17) is 9.47 Å². The van der Waals surface area contributed by atoms with Gasteiger partial charge in [-0.15, -0.1) is 0 Å². The number of fused-ring (bicyclic) bond motifs is 3. The molecule has 1 heterocycles. The summed E-state index contributed by atoms with van der Waals surface area (Å²) in [5.41, 5.74) is -1.13. The zero-order valence-electron chi connectivity index (χ0n) is 13.7. The summed E-state index contributed by atoms with van der Waals surface area (Å²) >= 11 is 0. The van der Waals surface area contributed by atoms with E-state index in [2.05, 4.69) is 13.8 Å². The van der Waals surface area contributed by atoms with Gasteiger partial charge in [0, 0.05) is 11.5 Å². The molecule has 0 spiro atoms. The number of carbonyl (C=O) groups excluding carboxylic acids is 2. The van der Waals surface area contributed by atoms with Crippen LogP contribution in [-0.2, 0) is 14.3 Å². The molecule has 2 unspecified atom stereocenters. The number of para-hydroxylation sites is 1. The van der Waals surface area contributed by atoms with E-state index in [0.29, 0.717) is 5.75 Å². The van der Waals surface area contributed by atoms with E-state index in [9.17, 15) is 9.59 Å². The largest absolute Gasteiger partial charge is 0.465 e. The summed E-state index contributed by atoms with van der Waals surface area (Å²) in [5, 5.41) is 0. The van der Waals surface area contributed by atoms with Crippen molar-refractivity contribution in [3.8, 4) is 5.75 Å². The lowest BCUT2D eigenvalue weighted by Crippen LogP contribution is -2.75. The van der Waals surface area contributed by atoms with Crippen molar-refractivity contribution in [2.45, 2.75) is 40.5 Å². The molecule has 4 heteroatoms. The fraction of sp³-hybridized carbons (Fsp3) is 0.556. The molecule has 1 aromatic carbocycles. The first-order chi connectivity index (χ1) is 10.2. The standard InChI is InChI=1S/C18H22O4/c1-6-21-14(19)18-13(16(2,3)17(18,4)5)11-9-7-8-10-12(11)22-15(18)20/h7-10,13H,6H2,1-5H3. The first-order valence-corrected chi connectivity index (χ1v) is 7.71. The third-order valence-corrected chi connectivity index (χ3v) is 6.10. The fourth-order valence-corrected chi connectivity index (χ4v) is 4.38. The maximum atomic E-state index is 12.8. The van der Waals surface area contributed by atoms with Gasteiger partial charge in [0.1, 0.15) is 5.75 Å². The van der Waals surface area contributed by atoms with Crippen LogP contribution in [-0.4, -0.2) is 18.5 Å². The Balaban J connectivity index is 2.25. The molecule has 4 nitrogen and oxygen atoms in total. The number of ether oxygens (including phenoxy) is 2. The van der Waals surface area contributed by atoms with Crippen molar-refractivity contribution in [3.63, 3.8) is 0 Å². The van der Waals surface area contributed by atoms with E-state index in [1.807, 2.05) is 32.0 Å². The average molecular weight is 302 g/mol. The zero-order chi connectivity index (χ0) is 16.3. The van der Waals surface area contributed by atoms with E-state index in [1.165, 1.54) is 0 Å². The topological polar surface area (TPSA) is 52.6 Å². The Labute approximate surface area is 130 Å². The van der Waals surface area contributed by atoms with Crippen LogP contribution in [0.1, 0.15) is 46.1 Å². The minimum Gasteiger partial charge on any atom is -0.465 e. The molecule has 2 aliphatic rings. The van der Waals surface area contributed by atoms with Gasteiger partial charge in [-0.3, -0.25) is 9.59 Å². The SMILES string of the molecule is CCOC(=O)C12C(=O)Oc3ccccc3C1C(C)(C)C2(C)C. The highest BCUT2D eigenvalue weighted by atomic mass is 16.6. The maximum Gasteiger partial charge on any atom is 0.330 e. The highest BCUT2D eigenvalue weighted by Crippen LogP contribution is 2.77. The summed E-state index contributed by atoms with van der Waals surface area (Å²) in [6, 6.07) is 7.47. The number of benzene rings is 1. The third kappa shape index (κ3) is 1.38. The Morgan fingerprint density at radius 2 is 1.86 bits per heavy atom. The van der Waals surface area contributed by atoms with Crippen LogP contribution in [0.5, 0.6) is 5.75 Å². The fourth-order valence-electron chi connectivity index (χ4n) is 4.38. The van der Waals surface area contributed by atoms with Crippen molar-refractivity contribution in [3.05, 3.63) is 29.8 Å². The lowest BCUT2D eigenvalue weighted by Gasteiger charge is -2.70. The van der Waals surface area contributed by atoms with Crippen molar-refractivity contribution in [2.75, 3.05) is 6.61 Å². The van der Waals surface area contributed by atoms with Gasteiger partial charge in [-0.25, -0.2) is 0 Å². The van der Waals surface area contributed by atoms with Crippen molar-refractivity contribution in [1.82, 2.24) is 0 Å². The minimum absolute atomic E-state index is 0.227. The van der Waals surface area contributed by atoms with Gasteiger partial charge >= 0.3 is 11.9 Å². The summed E-state index contributed by atoms with van der Waals surface area (Å²) in [5.74, 6) is -0.629. The van der Waals surface area contributed by atoms with Crippen LogP contribution in [0.25, 0.3) is 0 Å². The third-order valence-electron chi connectivity index (χ3n) is 6.10. The molecule has 118 valence electrons. The lowest BCUT2D eigenvalue weighted by atomic mass is 9.31. The number of carbonyl (C=O) groups is 2. The highest BCUT2D eigenvalue weighted by Gasteiger charge is 2.82. The van der Waals surface area contributed by atoms with Gasteiger partial charge in [-0.1, -0.05) is 45.9 Å². The first kappa shape index (κ1) is 15.1. The Bertz CT molecular complexity index is 659. The number of esters is 2. The summed E-state index contributed by atoms with van der Waals surface area (Å²) in [7, 11) is 0. The molecule has 1 aliphatic heterocycles. The van der Waals surface area contributed by atoms with Crippen LogP contribution in [0.2, 0.25) is 0 Å². The van der Waals surface area contributed by atoms with E-state index >= 15 is 0 Å². The molecule has 1 fully saturated rings. The zero-order valence-corrected chi connectivity index (χ0v) is 13.7. The molecule has 0 amide bonds. The van der Waals surface area contributed by atoms with Crippen LogP contribution in [0.3, 0.4) is 0 Å². The molecular weight excluding hydrogens is 280 g/mol. The quantitative estimate of drug-likeness (QED) is 0.478. The number of hydrogen-bond donors (Lipinski definition) is 0. The molecule has 0 N–H and O–H groups in total. The van der Waals surface area contributed by atoms with Crippen LogP contribution < -0.4 is 4.74 Å². The summed E-state index contributed by atoms with van der Waals surface area (Å²) < 4.78 is 10.8. The van der Waals surface area contributed by atoms with Crippen LogP contribution in [0, 0.1) is 16.2 Å². The Morgan fingerprint density at radius 1 is 1.23 bits per heavy atom. The van der Waals surface area contributed by atoms with E-state index in [0.717, 1.165) is 5.56 Å². The first-order valence-electron chi connectivity index (χ1n) is 7.71. The van der Waals surface area contributed by atoms with Crippen LogP contribution >= 0.6 is 0 Å². The van der Waals surface area contributed by atoms with Gasteiger partial charge in [0.2, 0.25) is 0 Å². The van der Waals surface area contributed by atoms with Crippen molar-refractivity contribution >= 4 is 11.9 Å². The van der Waals surface area contributed by atoms with Crippen LogP contribution in [0.4, 0.5) is 0 Å². The predicted molar refractivity (Wildman–Crippen MR) is 81.4 cm³/mol. The monoisotopic (exact) mass is 302 g/mol. The van der Waals surface area contributed by atoms with Gasteiger partial charge in [0.25, 0.3) is 0 Å². The van der Waals surface area contributed by atoms with Crippen molar-refractivity contribution in [2.24, 2.45) is 16.2 Å². The molecule has 2 atom stereocenters. The van der Waals surface area contributed by atoms with Gasteiger partial charge in [0.05, 0.1) is 6.61 Å². The summed E-state index contributed by atoms with van der Waals surface area (Å²) in [4.78, 5) is 25.6. The molecule has 22 heavy (non-hydrogen) atoms. The molecule has 1 saturated carbocycles. The Hall–Kier alpha value is -1.84. The summed E-state index contributed by atoms with van der Waals surface area (Å²) in [6.45, 7) is 10.1. The maximum absolute atomic E-state index is 12.8. The molecule has 1 aliphatic carbocycles. The predicted octanol–water partition coefficient (Wildman–Crippen LogP) is 3.30.